The second kappa shape index (κ2) is 20.1. The molecule has 3 nitrogen and oxygen atoms in total. The van der Waals surface area contributed by atoms with Crippen LogP contribution in [0.1, 0.15) is 77.6 Å². The maximum Gasteiger partial charge on any atom is 0.137 e. The number of hydrogen-bond acceptors (Lipinski definition) is 6. The first-order valence-corrected chi connectivity index (χ1v) is 33.8. The van der Waals surface area contributed by atoms with Gasteiger partial charge in [0.05, 0.1) is 0 Å². The molecule has 0 spiro atoms. The molecule has 0 unspecified atom stereocenters. The zero-order valence-electron chi connectivity index (χ0n) is 51.8. The van der Waals surface area contributed by atoms with Crippen LogP contribution in [0.4, 0.5) is 34.1 Å². The number of para-hydroxylation sites is 3. The molecule has 0 saturated carbocycles. The van der Waals surface area contributed by atoms with E-state index < -0.39 is 0 Å². The van der Waals surface area contributed by atoms with Crippen LogP contribution in [0.25, 0.3) is 105 Å². The second-order valence-electron chi connectivity index (χ2n) is 26.8. The highest BCUT2D eigenvalue weighted by atomic mass is 32.1. The standard InChI is InChI=1S/C42H33NOS.C42H33NS2/c1-41(2)35-24-27(18-20-29(35)33-22-23-34-32-15-9-11-17-38(32)45-40(34)39(33)42(41,3)4)43(26-12-6-5-7-13-26)28-19-21-31-30-14-8-10-16-36(30)44-37(31)25-28;1-41(2)35-25-28(18-20-29(35)32-21-22-33-30-14-8-11-17-37(30)45-40(33)39(32)42(41,3)4)43(26-12-6-5-7-13-26)27-19-23-38-34(24-27)31-15-9-10-16-36(31)44-38/h2*5-25H,1-4H3. The van der Waals surface area contributed by atoms with Gasteiger partial charge in [0.2, 0.25) is 0 Å². The highest BCUT2D eigenvalue weighted by molar-refractivity contribution is 7.26. The molecular formula is C84H66N2OS3. The summed E-state index contributed by atoms with van der Waals surface area (Å²) in [6.07, 6.45) is 0. The summed E-state index contributed by atoms with van der Waals surface area (Å²) in [6, 6.07) is 93.5. The van der Waals surface area contributed by atoms with E-state index in [0.717, 1.165) is 44.7 Å². The second-order valence-corrected chi connectivity index (χ2v) is 30.0. The minimum atomic E-state index is -0.124. The van der Waals surface area contributed by atoms with Gasteiger partial charge in [0, 0.05) is 122 Å². The van der Waals surface area contributed by atoms with Crippen molar-refractivity contribution < 1.29 is 4.42 Å². The van der Waals surface area contributed by atoms with E-state index in [9.17, 15) is 0 Å². The molecule has 0 bridgehead atoms. The van der Waals surface area contributed by atoms with E-state index in [2.05, 4.69) is 308 Å². The molecule has 16 aromatic rings. The minimum absolute atomic E-state index is 0.0829. The Balaban J connectivity index is 0.000000139. The van der Waals surface area contributed by atoms with Gasteiger partial charge in [0.1, 0.15) is 11.2 Å². The Morgan fingerprint density at radius 3 is 1.14 bits per heavy atom. The molecule has 0 N–H and O–H groups in total. The number of thiophene rings is 3. The van der Waals surface area contributed by atoms with Crippen LogP contribution in [0.3, 0.4) is 0 Å². The molecule has 2 aliphatic carbocycles. The molecule has 4 aromatic heterocycles. The normalized spacial score (nSPS) is 15.0. The van der Waals surface area contributed by atoms with Gasteiger partial charge in [0.25, 0.3) is 0 Å². The summed E-state index contributed by atoms with van der Waals surface area (Å²) in [5.41, 5.74) is 19.4. The summed E-state index contributed by atoms with van der Waals surface area (Å²) in [5.74, 6) is 0. The Kier molecular flexibility index (Phi) is 12.2. The fourth-order valence-corrected chi connectivity index (χ4v) is 19.1. The predicted molar refractivity (Wildman–Crippen MR) is 391 cm³/mol. The highest BCUT2D eigenvalue weighted by Gasteiger charge is 2.49. The van der Waals surface area contributed by atoms with E-state index in [0.29, 0.717) is 0 Å². The Bertz CT molecular complexity index is 5570. The summed E-state index contributed by atoms with van der Waals surface area (Å²) < 4.78 is 14.6. The zero-order chi connectivity index (χ0) is 61.0. The first kappa shape index (κ1) is 54.8. The number of hydrogen-bond donors (Lipinski definition) is 0. The molecule has 4 heterocycles. The van der Waals surface area contributed by atoms with Gasteiger partial charge < -0.3 is 14.2 Å². The van der Waals surface area contributed by atoms with Gasteiger partial charge in [-0.05, 0) is 158 Å². The van der Waals surface area contributed by atoms with Gasteiger partial charge in [-0.3, -0.25) is 0 Å². The fourth-order valence-electron chi connectivity index (χ4n) is 15.2. The Hall–Kier alpha value is -9.30. The average molecular weight is 1220 g/mol. The smallest absolute Gasteiger partial charge is 0.137 e. The van der Waals surface area contributed by atoms with E-state index >= 15 is 0 Å². The third kappa shape index (κ3) is 8.07. The third-order valence-electron chi connectivity index (χ3n) is 21.2. The van der Waals surface area contributed by atoms with Crippen LogP contribution in [0, 0.1) is 0 Å². The summed E-state index contributed by atoms with van der Waals surface area (Å²) in [6.45, 7) is 19.5. The topological polar surface area (TPSA) is 19.6 Å². The number of anilines is 6. The first-order valence-electron chi connectivity index (χ1n) is 31.4. The Morgan fingerprint density at radius 1 is 0.256 bits per heavy atom. The summed E-state index contributed by atoms with van der Waals surface area (Å²) in [4.78, 5) is 4.79. The maximum absolute atomic E-state index is 6.34. The summed E-state index contributed by atoms with van der Waals surface area (Å²) in [7, 11) is 0. The summed E-state index contributed by atoms with van der Waals surface area (Å²) in [5, 5.41) is 10.4. The van der Waals surface area contributed by atoms with Crippen molar-refractivity contribution in [1.29, 1.82) is 0 Å². The van der Waals surface area contributed by atoms with Crippen molar-refractivity contribution in [2.45, 2.75) is 77.0 Å². The monoisotopic (exact) mass is 1210 g/mol. The Morgan fingerprint density at radius 2 is 0.622 bits per heavy atom. The van der Waals surface area contributed by atoms with Gasteiger partial charge >= 0.3 is 0 Å². The van der Waals surface area contributed by atoms with Crippen LogP contribution in [-0.2, 0) is 21.7 Å². The van der Waals surface area contributed by atoms with Crippen molar-refractivity contribution >= 4 is 151 Å². The lowest BCUT2D eigenvalue weighted by atomic mass is 9.55. The zero-order valence-corrected chi connectivity index (χ0v) is 54.2. The van der Waals surface area contributed by atoms with Gasteiger partial charge in [-0.1, -0.05) is 201 Å². The van der Waals surface area contributed by atoms with Crippen LogP contribution >= 0.6 is 34.0 Å². The van der Waals surface area contributed by atoms with Crippen molar-refractivity contribution in [3.05, 3.63) is 277 Å². The molecule has 0 atom stereocenters. The highest BCUT2D eigenvalue weighted by Crippen LogP contribution is 2.60. The van der Waals surface area contributed by atoms with E-state index in [1.165, 1.54) is 116 Å². The van der Waals surface area contributed by atoms with Crippen LogP contribution < -0.4 is 9.80 Å². The van der Waals surface area contributed by atoms with Crippen molar-refractivity contribution in [2.24, 2.45) is 0 Å². The SMILES string of the molecule is CC1(C)c2cc(N(c3ccccc3)c3ccc4c(c3)oc3ccccc34)ccc2-c2ccc3c(sc4ccccc43)c2C1(C)C.CC1(C)c2cc(N(c3ccccc3)c3ccc4sc5ccccc5c4c3)ccc2-c2ccc3c(sc4ccccc43)c2C1(C)C. The van der Waals surface area contributed by atoms with E-state index in [4.69, 9.17) is 4.42 Å². The van der Waals surface area contributed by atoms with Crippen LogP contribution in [0.2, 0.25) is 0 Å². The lowest BCUT2D eigenvalue weighted by molar-refractivity contribution is 0.301. The molecule has 0 amide bonds. The molecule has 2 aliphatic rings. The van der Waals surface area contributed by atoms with Gasteiger partial charge in [0.15, 0.2) is 0 Å². The first-order chi connectivity index (χ1) is 43.7. The lowest BCUT2D eigenvalue weighted by Crippen LogP contribution is -2.43. The molecule has 0 saturated heterocycles. The third-order valence-corrected chi connectivity index (χ3v) is 24.7. The number of nitrogens with zero attached hydrogens (tertiary/aromatic N) is 2. The molecule has 18 rings (SSSR count). The molecule has 90 heavy (non-hydrogen) atoms. The van der Waals surface area contributed by atoms with Crippen molar-refractivity contribution in [1.82, 2.24) is 0 Å². The van der Waals surface area contributed by atoms with Crippen LogP contribution in [0.5, 0.6) is 0 Å². The van der Waals surface area contributed by atoms with Gasteiger partial charge in [-0.15, -0.1) is 34.0 Å². The lowest BCUT2D eigenvalue weighted by Gasteiger charge is -2.49. The molecule has 0 fully saturated rings. The molecule has 0 aliphatic heterocycles. The number of furan rings is 1. The molecule has 0 radical (unpaired) electrons. The molecule has 12 aromatic carbocycles. The number of rotatable bonds is 6. The van der Waals surface area contributed by atoms with E-state index in [-0.39, 0.29) is 21.7 Å². The van der Waals surface area contributed by atoms with Crippen LogP contribution in [0.15, 0.2) is 259 Å². The number of fused-ring (bicyclic) bond motifs is 20. The van der Waals surface area contributed by atoms with Crippen LogP contribution in [-0.4, -0.2) is 0 Å². The van der Waals surface area contributed by atoms with E-state index in [1.54, 1.807) is 0 Å². The minimum Gasteiger partial charge on any atom is -0.456 e. The molecular weight excluding hydrogens is 1150 g/mol. The molecule has 6 heteroatoms. The maximum atomic E-state index is 6.34. The quantitative estimate of drug-likeness (QED) is 0.165. The average Bonchev–Trinajstić information content (AvgIpc) is 1.03. The van der Waals surface area contributed by atoms with Gasteiger partial charge in [-0.2, -0.15) is 0 Å². The molecule has 436 valence electrons. The van der Waals surface area contributed by atoms with Crippen molar-refractivity contribution in [3.8, 4) is 22.3 Å². The predicted octanol–water partition coefficient (Wildman–Crippen LogP) is 25.8. The largest absolute Gasteiger partial charge is 0.456 e. The van der Waals surface area contributed by atoms with Crippen molar-refractivity contribution in [2.75, 3.05) is 9.80 Å². The van der Waals surface area contributed by atoms with E-state index in [1.807, 2.05) is 46.1 Å². The Labute approximate surface area is 537 Å². The summed E-state index contributed by atoms with van der Waals surface area (Å²) >= 11 is 5.76. The van der Waals surface area contributed by atoms with Gasteiger partial charge in [-0.25, -0.2) is 0 Å². The van der Waals surface area contributed by atoms with Crippen molar-refractivity contribution in [3.63, 3.8) is 0 Å². The number of benzene rings is 12. The fraction of sp³-hybridized carbons (Fsp3) is 0.143.